The van der Waals surface area contributed by atoms with Gasteiger partial charge in [-0.2, -0.15) is 5.26 Å². The van der Waals surface area contributed by atoms with E-state index >= 15 is 0 Å². The van der Waals surface area contributed by atoms with Crippen LogP contribution in [0.4, 0.5) is 5.82 Å². The Morgan fingerprint density at radius 3 is 2.59 bits per heavy atom. The number of nitrogens with one attached hydrogen (secondary N) is 1. The fraction of sp³-hybridized carbons (Fsp3) is 0.333. The third kappa shape index (κ3) is 4.79. The summed E-state index contributed by atoms with van der Waals surface area (Å²) in [5.41, 5.74) is 2.18. The zero-order valence-electron chi connectivity index (χ0n) is 19.5. The summed E-state index contributed by atoms with van der Waals surface area (Å²) in [6.07, 6.45) is 3.20. The molecule has 0 bridgehead atoms. The molecule has 4 heterocycles. The molecule has 0 aliphatic rings. The molecule has 0 unspecified atom stereocenters. The van der Waals surface area contributed by atoms with Gasteiger partial charge < -0.3 is 18.7 Å². The molecule has 9 nitrogen and oxygen atoms in total. The van der Waals surface area contributed by atoms with Crippen LogP contribution in [0.15, 0.2) is 50.8 Å². The number of rotatable bonds is 9. The van der Waals surface area contributed by atoms with Crippen LogP contribution >= 0.6 is 11.8 Å². The lowest BCUT2D eigenvalue weighted by Gasteiger charge is -2.13. The van der Waals surface area contributed by atoms with E-state index in [1.165, 1.54) is 11.8 Å². The molecular weight excluding hydrogens is 452 g/mol. The van der Waals surface area contributed by atoms with Crippen molar-refractivity contribution in [1.82, 2.24) is 19.3 Å². The SMILES string of the molecule is Cc1c(C#N)c(NC(=O)CSc2nnc(-c3ccco3)n2CC(C)C)n(Cc2ccco2)c1C. The first-order valence-corrected chi connectivity index (χ1v) is 11.9. The average molecular weight is 479 g/mol. The maximum atomic E-state index is 12.9. The lowest BCUT2D eigenvalue weighted by atomic mass is 10.2. The molecule has 0 radical (unpaired) electrons. The zero-order chi connectivity index (χ0) is 24.2. The van der Waals surface area contributed by atoms with Crippen molar-refractivity contribution in [2.45, 2.75) is 45.9 Å². The standard InChI is InChI=1S/C24H26N6O3S/c1-15(2)12-30-23(20-8-6-10-33-20)27-28-24(30)34-14-21(31)26-22-19(11-25)16(3)17(4)29(22)13-18-7-5-9-32-18/h5-10,15H,12-14H2,1-4H3,(H,26,31). The van der Waals surface area contributed by atoms with Crippen LogP contribution in [0.2, 0.25) is 0 Å². The van der Waals surface area contributed by atoms with Crippen molar-refractivity contribution < 1.29 is 13.6 Å². The Hall–Kier alpha value is -3.71. The summed E-state index contributed by atoms with van der Waals surface area (Å²) in [4.78, 5) is 12.9. The largest absolute Gasteiger partial charge is 0.467 e. The number of aromatic nitrogens is 4. The molecule has 4 rings (SSSR count). The van der Waals surface area contributed by atoms with Gasteiger partial charge in [-0.25, -0.2) is 0 Å². The van der Waals surface area contributed by atoms with Gasteiger partial charge in [0.25, 0.3) is 0 Å². The summed E-state index contributed by atoms with van der Waals surface area (Å²) in [5.74, 6) is 2.70. The summed E-state index contributed by atoms with van der Waals surface area (Å²) < 4.78 is 14.8. The van der Waals surface area contributed by atoms with E-state index in [-0.39, 0.29) is 11.7 Å². The van der Waals surface area contributed by atoms with Crippen LogP contribution in [0, 0.1) is 31.1 Å². The number of carbonyl (C=O) groups is 1. The predicted molar refractivity (Wildman–Crippen MR) is 128 cm³/mol. The van der Waals surface area contributed by atoms with Gasteiger partial charge in [0.05, 0.1) is 30.4 Å². The van der Waals surface area contributed by atoms with Crippen LogP contribution < -0.4 is 5.32 Å². The van der Waals surface area contributed by atoms with Gasteiger partial charge in [-0.3, -0.25) is 9.36 Å². The lowest BCUT2D eigenvalue weighted by molar-refractivity contribution is -0.113. The monoisotopic (exact) mass is 478 g/mol. The molecule has 0 saturated carbocycles. The normalized spacial score (nSPS) is 11.2. The summed E-state index contributed by atoms with van der Waals surface area (Å²) in [5, 5.41) is 21.9. The van der Waals surface area contributed by atoms with Crippen molar-refractivity contribution in [3.05, 3.63) is 59.4 Å². The Labute approximate surface area is 201 Å². The highest BCUT2D eigenvalue weighted by Gasteiger charge is 2.22. The minimum absolute atomic E-state index is 0.114. The quantitative estimate of drug-likeness (QED) is 0.342. The second-order valence-corrected chi connectivity index (χ2v) is 9.28. The van der Waals surface area contributed by atoms with Crippen LogP contribution in [0.5, 0.6) is 0 Å². The third-order valence-corrected chi connectivity index (χ3v) is 6.40. The van der Waals surface area contributed by atoms with Crippen LogP contribution in [0.25, 0.3) is 11.6 Å². The Kier molecular flexibility index (Phi) is 6.93. The summed E-state index contributed by atoms with van der Waals surface area (Å²) in [7, 11) is 0. The van der Waals surface area contributed by atoms with Crippen molar-refractivity contribution in [3.8, 4) is 17.7 Å². The van der Waals surface area contributed by atoms with Crippen molar-refractivity contribution >= 4 is 23.5 Å². The second kappa shape index (κ2) is 10.1. The lowest BCUT2D eigenvalue weighted by Crippen LogP contribution is -2.19. The number of amides is 1. The van der Waals surface area contributed by atoms with Crippen molar-refractivity contribution in [1.29, 1.82) is 5.26 Å². The number of carbonyl (C=O) groups excluding carboxylic acids is 1. The average Bonchev–Trinajstić information content (AvgIpc) is 3.59. The molecule has 1 N–H and O–H groups in total. The number of hydrogen-bond donors (Lipinski definition) is 1. The summed E-state index contributed by atoms with van der Waals surface area (Å²) >= 11 is 1.30. The fourth-order valence-corrected chi connectivity index (χ4v) is 4.45. The van der Waals surface area contributed by atoms with Crippen LogP contribution in [-0.4, -0.2) is 31.0 Å². The second-order valence-electron chi connectivity index (χ2n) is 8.34. The predicted octanol–water partition coefficient (Wildman–Crippen LogP) is 4.86. The van der Waals surface area contributed by atoms with E-state index in [0.29, 0.717) is 47.1 Å². The first kappa shape index (κ1) is 23.4. The highest BCUT2D eigenvalue weighted by molar-refractivity contribution is 7.99. The zero-order valence-corrected chi connectivity index (χ0v) is 20.3. The maximum Gasteiger partial charge on any atom is 0.235 e. The van der Waals surface area contributed by atoms with Crippen LogP contribution in [0.3, 0.4) is 0 Å². The number of furan rings is 2. The van der Waals surface area contributed by atoms with Gasteiger partial charge >= 0.3 is 0 Å². The molecule has 4 aromatic rings. The number of nitrogens with zero attached hydrogens (tertiary/aromatic N) is 5. The van der Waals surface area contributed by atoms with E-state index in [4.69, 9.17) is 8.83 Å². The highest BCUT2D eigenvalue weighted by Crippen LogP contribution is 2.29. The van der Waals surface area contributed by atoms with Crippen molar-refractivity contribution in [3.63, 3.8) is 0 Å². The molecule has 176 valence electrons. The smallest absolute Gasteiger partial charge is 0.235 e. The molecule has 0 aliphatic carbocycles. The third-order valence-electron chi connectivity index (χ3n) is 5.43. The fourth-order valence-electron chi connectivity index (χ4n) is 3.70. The number of anilines is 1. The first-order valence-electron chi connectivity index (χ1n) is 10.9. The van der Waals surface area contributed by atoms with E-state index in [0.717, 1.165) is 17.0 Å². The van der Waals surface area contributed by atoms with Crippen molar-refractivity contribution in [2.75, 3.05) is 11.1 Å². The van der Waals surface area contributed by atoms with Gasteiger partial charge in [-0.1, -0.05) is 25.6 Å². The minimum Gasteiger partial charge on any atom is -0.467 e. The molecule has 0 saturated heterocycles. The Bertz CT molecular complexity index is 1310. The molecule has 10 heteroatoms. The molecule has 0 spiro atoms. The van der Waals surface area contributed by atoms with E-state index in [9.17, 15) is 10.1 Å². The van der Waals surface area contributed by atoms with Crippen molar-refractivity contribution in [2.24, 2.45) is 5.92 Å². The first-order chi connectivity index (χ1) is 16.4. The van der Waals surface area contributed by atoms with Gasteiger partial charge in [0.2, 0.25) is 5.91 Å². The van der Waals surface area contributed by atoms with Gasteiger partial charge in [0.1, 0.15) is 17.6 Å². The van der Waals surface area contributed by atoms with E-state index in [1.54, 1.807) is 18.6 Å². The van der Waals surface area contributed by atoms with E-state index in [1.807, 2.05) is 41.2 Å². The summed E-state index contributed by atoms with van der Waals surface area (Å²) in [6, 6.07) is 9.54. The van der Waals surface area contributed by atoms with Crippen LogP contribution in [-0.2, 0) is 17.9 Å². The molecule has 4 aromatic heterocycles. The molecule has 34 heavy (non-hydrogen) atoms. The molecule has 0 aliphatic heterocycles. The molecule has 1 amide bonds. The number of nitriles is 1. The van der Waals surface area contributed by atoms with Gasteiger partial charge in [-0.05, 0) is 49.6 Å². The molecular formula is C24H26N6O3S. The Morgan fingerprint density at radius 2 is 1.94 bits per heavy atom. The minimum atomic E-state index is -0.238. The molecule has 0 aromatic carbocycles. The molecule has 0 fully saturated rings. The van der Waals surface area contributed by atoms with Gasteiger partial charge in [0, 0.05) is 12.2 Å². The maximum absolute atomic E-state index is 12.9. The molecule has 0 atom stereocenters. The van der Waals surface area contributed by atoms with Gasteiger partial charge in [0.15, 0.2) is 16.7 Å². The Morgan fingerprint density at radius 1 is 1.18 bits per heavy atom. The topological polar surface area (TPSA) is 115 Å². The van der Waals surface area contributed by atoms with Crippen LogP contribution in [0.1, 0.15) is 36.4 Å². The van der Waals surface area contributed by atoms with Gasteiger partial charge in [-0.15, -0.1) is 10.2 Å². The summed E-state index contributed by atoms with van der Waals surface area (Å²) in [6.45, 7) is 9.12. The number of thioether (sulfide) groups is 1. The highest BCUT2D eigenvalue weighted by atomic mass is 32.2. The van der Waals surface area contributed by atoms with E-state index in [2.05, 4.69) is 35.4 Å². The number of hydrogen-bond acceptors (Lipinski definition) is 7. The Balaban J connectivity index is 1.53. The van der Waals surface area contributed by atoms with E-state index < -0.39 is 0 Å².